The van der Waals surface area contributed by atoms with Crippen LogP contribution in [-0.4, -0.2) is 32.9 Å². The Morgan fingerprint density at radius 2 is 1.65 bits per heavy atom. The zero-order valence-electron chi connectivity index (χ0n) is 19.4. The molecular formula is C28H27N3O3. The van der Waals surface area contributed by atoms with Crippen molar-refractivity contribution in [3.8, 4) is 5.75 Å². The number of nitrogens with zero attached hydrogens (tertiary/aromatic N) is 3. The van der Waals surface area contributed by atoms with Crippen molar-refractivity contribution in [2.75, 3.05) is 6.54 Å². The highest BCUT2D eigenvalue weighted by atomic mass is 16.5. The average Bonchev–Trinajstić information content (AvgIpc) is 2.85. The van der Waals surface area contributed by atoms with Gasteiger partial charge in [-0.15, -0.1) is 0 Å². The largest absolute Gasteiger partial charge is 0.481 e. The summed E-state index contributed by atoms with van der Waals surface area (Å²) < 4.78 is 7.83. The topological polar surface area (TPSA) is 64.4 Å². The van der Waals surface area contributed by atoms with Crippen molar-refractivity contribution >= 4 is 16.7 Å². The Labute approximate surface area is 198 Å². The Balaban J connectivity index is 1.59. The first-order valence-corrected chi connectivity index (χ1v) is 11.6. The van der Waals surface area contributed by atoms with Crippen molar-refractivity contribution < 1.29 is 9.53 Å². The van der Waals surface area contributed by atoms with Crippen molar-refractivity contribution in [1.29, 1.82) is 0 Å². The fourth-order valence-electron chi connectivity index (χ4n) is 4.58. The quantitative estimate of drug-likeness (QED) is 0.433. The number of amides is 1. The van der Waals surface area contributed by atoms with Crippen LogP contribution in [0.4, 0.5) is 0 Å². The molecule has 1 aliphatic heterocycles. The SMILES string of the molecule is CC(C)N1CCn2c(Cc3cccc4ccccc34)nc(=O)c(OCc3ccccc3)c2C1=O. The molecule has 3 aromatic carbocycles. The number of fused-ring (bicyclic) bond motifs is 2. The van der Waals surface area contributed by atoms with Crippen molar-refractivity contribution in [2.45, 2.75) is 39.5 Å². The van der Waals surface area contributed by atoms with Crippen LogP contribution in [0.3, 0.4) is 0 Å². The molecule has 0 unspecified atom stereocenters. The molecule has 0 bridgehead atoms. The van der Waals surface area contributed by atoms with Gasteiger partial charge in [0, 0.05) is 25.6 Å². The summed E-state index contributed by atoms with van der Waals surface area (Å²) in [6.07, 6.45) is 0.456. The van der Waals surface area contributed by atoms with Gasteiger partial charge in [0.2, 0.25) is 5.75 Å². The Kier molecular flexibility index (Phi) is 5.88. The summed E-state index contributed by atoms with van der Waals surface area (Å²) in [7, 11) is 0. The number of ether oxygens (including phenoxy) is 1. The Morgan fingerprint density at radius 1 is 0.912 bits per heavy atom. The summed E-state index contributed by atoms with van der Waals surface area (Å²) in [5.41, 5.74) is 1.78. The van der Waals surface area contributed by atoms with E-state index < -0.39 is 5.56 Å². The maximum absolute atomic E-state index is 13.5. The smallest absolute Gasteiger partial charge is 0.316 e. The number of carbonyl (C=O) groups excluding carboxylic acids is 1. The molecule has 0 saturated heterocycles. The van der Waals surface area contributed by atoms with Crippen LogP contribution in [0.1, 0.15) is 41.3 Å². The summed E-state index contributed by atoms with van der Waals surface area (Å²) in [6.45, 7) is 5.29. The molecule has 0 fully saturated rings. The molecule has 1 aliphatic rings. The molecule has 6 nitrogen and oxygen atoms in total. The predicted molar refractivity (Wildman–Crippen MR) is 132 cm³/mol. The van der Waals surface area contributed by atoms with E-state index in [1.54, 1.807) is 4.90 Å². The van der Waals surface area contributed by atoms with Crippen LogP contribution in [0.2, 0.25) is 0 Å². The van der Waals surface area contributed by atoms with E-state index in [0.717, 1.165) is 21.9 Å². The summed E-state index contributed by atoms with van der Waals surface area (Å²) >= 11 is 0. The van der Waals surface area contributed by atoms with E-state index in [4.69, 9.17) is 4.74 Å². The molecule has 5 rings (SSSR count). The normalized spacial score (nSPS) is 13.4. The van der Waals surface area contributed by atoms with E-state index in [1.807, 2.05) is 73.0 Å². The van der Waals surface area contributed by atoms with E-state index in [9.17, 15) is 9.59 Å². The molecule has 0 atom stereocenters. The third kappa shape index (κ3) is 4.07. The molecule has 1 aromatic heterocycles. The van der Waals surface area contributed by atoms with Crippen LogP contribution >= 0.6 is 0 Å². The molecule has 0 aliphatic carbocycles. The van der Waals surface area contributed by atoms with E-state index in [2.05, 4.69) is 23.2 Å². The monoisotopic (exact) mass is 453 g/mol. The van der Waals surface area contributed by atoms with Crippen LogP contribution in [0.15, 0.2) is 77.6 Å². The van der Waals surface area contributed by atoms with Gasteiger partial charge in [0.1, 0.15) is 12.4 Å². The van der Waals surface area contributed by atoms with Gasteiger partial charge in [-0.1, -0.05) is 72.8 Å². The summed E-state index contributed by atoms with van der Waals surface area (Å²) in [5.74, 6) is 0.420. The Hall–Kier alpha value is -3.93. The fraction of sp³-hybridized carbons (Fsp3) is 0.250. The zero-order chi connectivity index (χ0) is 23.7. The van der Waals surface area contributed by atoms with Crippen molar-refractivity contribution in [3.63, 3.8) is 0 Å². The lowest BCUT2D eigenvalue weighted by molar-refractivity contribution is 0.0634. The zero-order valence-corrected chi connectivity index (χ0v) is 19.4. The molecule has 4 aromatic rings. The first kappa shape index (κ1) is 21.9. The first-order chi connectivity index (χ1) is 16.5. The minimum absolute atomic E-state index is 0.0213. The van der Waals surface area contributed by atoms with Crippen molar-refractivity contribution in [1.82, 2.24) is 14.5 Å². The number of carbonyl (C=O) groups is 1. The van der Waals surface area contributed by atoms with Crippen LogP contribution in [0, 0.1) is 0 Å². The van der Waals surface area contributed by atoms with Gasteiger partial charge in [0.15, 0.2) is 5.69 Å². The third-order valence-corrected chi connectivity index (χ3v) is 6.33. The van der Waals surface area contributed by atoms with Crippen LogP contribution in [-0.2, 0) is 19.6 Å². The second-order valence-corrected chi connectivity index (χ2v) is 8.84. The predicted octanol–water partition coefficient (Wildman–Crippen LogP) is 4.43. The molecule has 0 spiro atoms. The lowest BCUT2D eigenvalue weighted by Gasteiger charge is -2.34. The number of aromatic nitrogens is 2. The van der Waals surface area contributed by atoms with E-state index >= 15 is 0 Å². The van der Waals surface area contributed by atoms with Gasteiger partial charge >= 0.3 is 5.56 Å². The van der Waals surface area contributed by atoms with Crippen LogP contribution in [0.5, 0.6) is 5.75 Å². The molecule has 172 valence electrons. The van der Waals surface area contributed by atoms with Crippen molar-refractivity contribution in [3.05, 3.63) is 106 Å². The summed E-state index contributed by atoms with van der Waals surface area (Å²) in [4.78, 5) is 32.9. The maximum atomic E-state index is 13.5. The Morgan fingerprint density at radius 3 is 2.44 bits per heavy atom. The van der Waals surface area contributed by atoms with Gasteiger partial charge in [-0.05, 0) is 35.7 Å². The summed E-state index contributed by atoms with van der Waals surface area (Å²) in [6, 6.07) is 23.9. The van der Waals surface area contributed by atoms with Crippen molar-refractivity contribution in [2.24, 2.45) is 0 Å². The van der Waals surface area contributed by atoms with Gasteiger partial charge in [0.05, 0.1) is 0 Å². The minimum Gasteiger partial charge on any atom is -0.481 e. The van der Waals surface area contributed by atoms with E-state index in [1.165, 1.54) is 0 Å². The molecule has 6 heteroatoms. The highest BCUT2D eigenvalue weighted by Crippen LogP contribution is 2.26. The molecular weight excluding hydrogens is 426 g/mol. The molecule has 0 N–H and O–H groups in total. The number of rotatable bonds is 6. The van der Waals surface area contributed by atoms with Gasteiger partial charge < -0.3 is 14.2 Å². The van der Waals surface area contributed by atoms with Gasteiger partial charge in [0.25, 0.3) is 5.91 Å². The van der Waals surface area contributed by atoms with Gasteiger partial charge in [-0.3, -0.25) is 9.59 Å². The number of hydrogen-bond acceptors (Lipinski definition) is 4. The second kappa shape index (κ2) is 9.14. The molecule has 2 heterocycles. The van der Waals surface area contributed by atoms with E-state index in [-0.39, 0.29) is 24.3 Å². The average molecular weight is 454 g/mol. The van der Waals surface area contributed by atoms with Crippen LogP contribution in [0.25, 0.3) is 10.8 Å². The lowest BCUT2D eigenvalue weighted by Crippen LogP contribution is -2.46. The van der Waals surface area contributed by atoms with Gasteiger partial charge in [-0.25, -0.2) is 0 Å². The standard InChI is InChI=1S/C28H27N3O3/c1-19(2)30-15-16-31-24(17-22-13-8-12-21-11-6-7-14-23(21)22)29-27(32)26(25(31)28(30)33)34-18-20-9-4-3-5-10-20/h3-14,19H,15-18H2,1-2H3. The van der Waals surface area contributed by atoms with Crippen LogP contribution < -0.4 is 10.3 Å². The highest BCUT2D eigenvalue weighted by molar-refractivity contribution is 5.96. The van der Waals surface area contributed by atoms with Gasteiger partial charge in [-0.2, -0.15) is 4.98 Å². The molecule has 0 saturated carbocycles. The highest BCUT2D eigenvalue weighted by Gasteiger charge is 2.33. The first-order valence-electron chi connectivity index (χ1n) is 11.6. The number of benzene rings is 3. The number of hydrogen-bond donors (Lipinski definition) is 0. The third-order valence-electron chi connectivity index (χ3n) is 6.33. The maximum Gasteiger partial charge on any atom is 0.316 e. The Bertz CT molecular complexity index is 1400. The second-order valence-electron chi connectivity index (χ2n) is 8.84. The fourth-order valence-corrected chi connectivity index (χ4v) is 4.58. The lowest BCUT2D eigenvalue weighted by atomic mass is 10.0. The molecule has 0 radical (unpaired) electrons. The summed E-state index contributed by atoms with van der Waals surface area (Å²) in [5, 5.41) is 2.25. The molecule has 34 heavy (non-hydrogen) atoms. The van der Waals surface area contributed by atoms with E-state index in [0.29, 0.717) is 31.0 Å². The minimum atomic E-state index is -0.503. The molecule has 1 amide bonds.